The maximum absolute atomic E-state index is 3.54. The fourth-order valence-electron chi connectivity index (χ4n) is 2.01. The molecule has 1 saturated heterocycles. The third kappa shape index (κ3) is 4.63. The number of unbranched alkanes of at least 4 members (excludes halogenated alkanes) is 2. The van der Waals surface area contributed by atoms with Crippen LogP contribution in [-0.2, 0) is 0 Å². The van der Waals surface area contributed by atoms with Crippen molar-refractivity contribution >= 4 is 0 Å². The average Bonchev–Trinajstić information content (AvgIpc) is 2.57. The van der Waals surface area contributed by atoms with Gasteiger partial charge in [-0.25, -0.2) is 0 Å². The molecule has 0 aromatic heterocycles. The van der Waals surface area contributed by atoms with Crippen LogP contribution in [0.1, 0.15) is 39.0 Å². The molecule has 0 spiro atoms. The summed E-state index contributed by atoms with van der Waals surface area (Å²) < 4.78 is 0. The summed E-state index contributed by atoms with van der Waals surface area (Å²) in [6, 6.07) is 0.770. The number of hydrogen-bond acceptors (Lipinski definition) is 2. The Balaban J connectivity index is 1.99. The Bertz CT molecular complexity index is 119. The maximum atomic E-state index is 3.54. The van der Waals surface area contributed by atoms with Gasteiger partial charge in [0, 0.05) is 12.6 Å². The average molecular weight is 184 g/mol. The summed E-state index contributed by atoms with van der Waals surface area (Å²) in [5.74, 6) is 0. The van der Waals surface area contributed by atoms with E-state index in [9.17, 15) is 0 Å². The third-order valence-corrected chi connectivity index (χ3v) is 2.84. The van der Waals surface area contributed by atoms with Crippen molar-refractivity contribution in [2.24, 2.45) is 0 Å². The molecule has 1 aliphatic rings. The topological polar surface area (TPSA) is 15.3 Å². The molecular weight excluding hydrogens is 160 g/mol. The van der Waals surface area contributed by atoms with Crippen molar-refractivity contribution < 1.29 is 0 Å². The van der Waals surface area contributed by atoms with E-state index in [0.29, 0.717) is 0 Å². The summed E-state index contributed by atoms with van der Waals surface area (Å²) >= 11 is 0. The molecule has 0 aliphatic carbocycles. The molecule has 1 aliphatic heterocycles. The van der Waals surface area contributed by atoms with Gasteiger partial charge in [-0.1, -0.05) is 19.8 Å². The van der Waals surface area contributed by atoms with Gasteiger partial charge in [-0.15, -0.1) is 0 Å². The zero-order valence-corrected chi connectivity index (χ0v) is 9.18. The van der Waals surface area contributed by atoms with Gasteiger partial charge < -0.3 is 10.2 Å². The molecule has 1 atom stereocenters. The van der Waals surface area contributed by atoms with Crippen LogP contribution in [0.25, 0.3) is 0 Å². The summed E-state index contributed by atoms with van der Waals surface area (Å²) in [6.07, 6.45) is 6.81. The highest BCUT2D eigenvalue weighted by Crippen LogP contribution is 2.06. The Kier molecular flexibility index (Phi) is 5.40. The SMILES string of the molecule is CCCCCN(C)C[C@@H]1CCCN1. The molecule has 1 fully saturated rings. The van der Waals surface area contributed by atoms with Crippen LogP contribution in [-0.4, -0.2) is 37.6 Å². The van der Waals surface area contributed by atoms with Crippen LogP contribution >= 0.6 is 0 Å². The number of hydrogen-bond donors (Lipinski definition) is 1. The number of rotatable bonds is 6. The molecule has 1 rings (SSSR count). The van der Waals surface area contributed by atoms with Gasteiger partial charge in [-0.3, -0.25) is 0 Å². The van der Waals surface area contributed by atoms with E-state index in [1.165, 1.54) is 51.7 Å². The predicted octanol–water partition coefficient (Wildman–Crippen LogP) is 1.86. The summed E-state index contributed by atoms with van der Waals surface area (Å²) in [6.45, 7) is 6.00. The van der Waals surface area contributed by atoms with Crippen molar-refractivity contribution in [3.8, 4) is 0 Å². The lowest BCUT2D eigenvalue weighted by molar-refractivity contribution is 0.294. The molecule has 0 unspecified atom stereocenters. The van der Waals surface area contributed by atoms with E-state index in [4.69, 9.17) is 0 Å². The molecule has 0 aromatic carbocycles. The maximum Gasteiger partial charge on any atom is 0.0195 e. The minimum absolute atomic E-state index is 0.770. The number of nitrogens with one attached hydrogen (secondary N) is 1. The molecule has 0 bridgehead atoms. The minimum Gasteiger partial charge on any atom is -0.313 e. The van der Waals surface area contributed by atoms with E-state index in [-0.39, 0.29) is 0 Å². The molecular formula is C11H24N2. The fraction of sp³-hybridized carbons (Fsp3) is 1.00. The van der Waals surface area contributed by atoms with Crippen molar-refractivity contribution in [3.63, 3.8) is 0 Å². The molecule has 78 valence electrons. The van der Waals surface area contributed by atoms with Crippen LogP contribution in [0, 0.1) is 0 Å². The first kappa shape index (κ1) is 11.0. The Labute approximate surface area is 82.7 Å². The second-order valence-electron chi connectivity index (χ2n) is 4.26. The van der Waals surface area contributed by atoms with Gasteiger partial charge in [0.2, 0.25) is 0 Å². The van der Waals surface area contributed by atoms with E-state index < -0.39 is 0 Å². The Hall–Kier alpha value is -0.0800. The van der Waals surface area contributed by atoms with Crippen molar-refractivity contribution in [3.05, 3.63) is 0 Å². The van der Waals surface area contributed by atoms with Gasteiger partial charge >= 0.3 is 0 Å². The molecule has 2 heteroatoms. The van der Waals surface area contributed by atoms with Crippen molar-refractivity contribution in [1.29, 1.82) is 0 Å². The third-order valence-electron chi connectivity index (χ3n) is 2.84. The van der Waals surface area contributed by atoms with Gasteiger partial charge in [-0.2, -0.15) is 0 Å². The van der Waals surface area contributed by atoms with Crippen LogP contribution in [0.15, 0.2) is 0 Å². The lowest BCUT2D eigenvalue weighted by Crippen LogP contribution is -2.35. The molecule has 0 amide bonds. The van der Waals surface area contributed by atoms with Gasteiger partial charge in [0.05, 0.1) is 0 Å². The highest BCUT2D eigenvalue weighted by Gasteiger charge is 2.15. The Morgan fingerprint density at radius 3 is 2.85 bits per heavy atom. The Morgan fingerprint density at radius 2 is 2.23 bits per heavy atom. The lowest BCUT2D eigenvalue weighted by Gasteiger charge is -2.20. The molecule has 2 nitrogen and oxygen atoms in total. The second-order valence-corrected chi connectivity index (χ2v) is 4.26. The summed E-state index contributed by atoms with van der Waals surface area (Å²) in [4.78, 5) is 2.47. The monoisotopic (exact) mass is 184 g/mol. The van der Waals surface area contributed by atoms with Crippen LogP contribution < -0.4 is 5.32 Å². The molecule has 1 N–H and O–H groups in total. The highest BCUT2D eigenvalue weighted by molar-refractivity contribution is 4.76. The largest absolute Gasteiger partial charge is 0.313 e. The van der Waals surface area contributed by atoms with E-state index in [1.807, 2.05) is 0 Å². The summed E-state index contributed by atoms with van der Waals surface area (Å²) in [5, 5.41) is 3.54. The molecule has 13 heavy (non-hydrogen) atoms. The summed E-state index contributed by atoms with van der Waals surface area (Å²) in [7, 11) is 2.25. The number of nitrogens with zero attached hydrogens (tertiary/aromatic N) is 1. The molecule has 0 radical (unpaired) electrons. The van der Waals surface area contributed by atoms with Crippen LogP contribution in [0.3, 0.4) is 0 Å². The van der Waals surface area contributed by atoms with E-state index >= 15 is 0 Å². The normalized spacial score (nSPS) is 22.8. The summed E-state index contributed by atoms with van der Waals surface area (Å²) in [5.41, 5.74) is 0. The van der Waals surface area contributed by atoms with Gasteiger partial charge in [0.1, 0.15) is 0 Å². The smallest absolute Gasteiger partial charge is 0.0195 e. The lowest BCUT2D eigenvalue weighted by atomic mass is 10.2. The second kappa shape index (κ2) is 6.39. The van der Waals surface area contributed by atoms with Gasteiger partial charge in [-0.05, 0) is 39.4 Å². The number of likely N-dealkylation sites (N-methyl/N-ethyl adjacent to an activating group) is 1. The first-order chi connectivity index (χ1) is 6.33. The first-order valence-corrected chi connectivity index (χ1v) is 5.75. The molecule has 1 heterocycles. The van der Waals surface area contributed by atoms with Gasteiger partial charge in [0.25, 0.3) is 0 Å². The van der Waals surface area contributed by atoms with Crippen LogP contribution in [0.5, 0.6) is 0 Å². The van der Waals surface area contributed by atoms with E-state index in [0.717, 1.165) is 6.04 Å². The first-order valence-electron chi connectivity index (χ1n) is 5.75. The zero-order valence-electron chi connectivity index (χ0n) is 9.18. The standard InChI is InChI=1S/C11H24N2/c1-3-4-5-9-13(2)10-11-7-6-8-12-11/h11-12H,3-10H2,1-2H3/t11-/m0/s1. The van der Waals surface area contributed by atoms with Gasteiger partial charge in [0.15, 0.2) is 0 Å². The van der Waals surface area contributed by atoms with Crippen molar-refractivity contribution in [2.75, 3.05) is 26.7 Å². The predicted molar refractivity (Wildman–Crippen MR) is 58.0 cm³/mol. The highest BCUT2D eigenvalue weighted by atomic mass is 15.1. The van der Waals surface area contributed by atoms with Crippen molar-refractivity contribution in [2.45, 2.75) is 45.1 Å². The quantitative estimate of drug-likeness (QED) is 0.634. The molecule has 0 saturated carbocycles. The van der Waals surface area contributed by atoms with Crippen LogP contribution in [0.2, 0.25) is 0 Å². The molecule has 0 aromatic rings. The van der Waals surface area contributed by atoms with Crippen LogP contribution in [0.4, 0.5) is 0 Å². The van der Waals surface area contributed by atoms with Crippen molar-refractivity contribution in [1.82, 2.24) is 10.2 Å². The minimum atomic E-state index is 0.770. The van der Waals surface area contributed by atoms with E-state index in [1.54, 1.807) is 0 Å². The Morgan fingerprint density at radius 1 is 1.38 bits per heavy atom. The fourth-order valence-corrected chi connectivity index (χ4v) is 2.01. The van der Waals surface area contributed by atoms with E-state index in [2.05, 4.69) is 24.2 Å². The zero-order chi connectivity index (χ0) is 9.52.